The quantitative estimate of drug-likeness (QED) is 0.755. The molecule has 0 bridgehead atoms. The van der Waals surface area contributed by atoms with Crippen molar-refractivity contribution in [2.75, 3.05) is 38.5 Å². The number of carbonyl (C=O) groups excluding carboxylic acids is 1. The van der Waals surface area contributed by atoms with E-state index in [1.807, 2.05) is 37.2 Å². The molecule has 1 N–H and O–H groups in total. The number of hydrogen-bond donors (Lipinski definition) is 1. The van der Waals surface area contributed by atoms with Gasteiger partial charge in [0, 0.05) is 25.3 Å². The van der Waals surface area contributed by atoms with Gasteiger partial charge in [0.05, 0.1) is 14.2 Å². The molecule has 1 heterocycles. The van der Waals surface area contributed by atoms with Gasteiger partial charge in [0.15, 0.2) is 5.13 Å². The number of fused-ring (bicyclic) bond motifs is 1. The molecule has 2 aromatic carbocycles. The molecule has 3 rings (SSSR count). The topological polar surface area (TPSA) is 63.7 Å². The van der Waals surface area contributed by atoms with E-state index in [9.17, 15) is 4.79 Å². The molecule has 1 amide bonds. The molecule has 0 unspecified atom stereocenters. The van der Waals surface area contributed by atoms with E-state index in [0.29, 0.717) is 27.7 Å². The fourth-order valence-electron chi connectivity index (χ4n) is 2.42. The highest BCUT2D eigenvalue weighted by atomic mass is 32.1. The number of carbonyl (C=O) groups is 1. The van der Waals surface area contributed by atoms with Crippen molar-refractivity contribution in [1.82, 2.24) is 4.98 Å². The van der Waals surface area contributed by atoms with Gasteiger partial charge < -0.3 is 14.4 Å². The van der Waals surface area contributed by atoms with Gasteiger partial charge in [-0.1, -0.05) is 11.3 Å². The van der Waals surface area contributed by atoms with Crippen molar-refractivity contribution in [2.24, 2.45) is 0 Å². The average molecular weight is 357 g/mol. The molecule has 1 aromatic heterocycles. The van der Waals surface area contributed by atoms with Crippen LogP contribution in [0.25, 0.3) is 10.2 Å². The number of amides is 1. The molecule has 7 heteroatoms. The zero-order valence-electron chi connectivity index (χ0n) is 14.5. The van der Waals surface area contributed by atoms with Gasteiger partial charge in [0.2, 0.25) is 0 Å². The number of anilines is 2. The van der Waals surface area contributed by atoms with E-state index in [1.165, 1.54) is 11.3 Å². The Hall–Kier alpha value is -2.80. The third-order valence-electron chi connectivity index (χ3n) is 3.78. The number of methoxy groups -OCH3 is 2. The van der Waals surface area contributed by atoms with Crippen molar-refractivity contribution in [3.8, 4) is 11.5 Å². The number of nitrogens with one attached hydrogen (secondary N) is 1. The van der Waals surface area contributed by atoms with E-state index in [0.717, 1.165) is 10.4 Å². The normalized spacial score (nSPS) is 10.6. The third-order valence-corrected chi connectivity index (χ3v) is 4.76. The highest BCUT2D eigenvalue weighted by Gasteiger charge is 2.15. The molecule has 0 aliphatic rings. The van der Waals surface area contributed by atoms with Crippen LogP contribution in [0.2, 0.25) is 0 Å². The van der Waals surface area contributed by atoms with Crippen LogP contribution in [0.4, 0.5) is 10.8 Å². The molecule has 0 spiro atoms. The van der Waals surface area contributed by atoms with Crippen LogP contribution in [0.3, 0.4) is 0 Å². The number of aromatic nitrogens is 1. The Kier molecular flexibility index (Phi) is 4.76. The molecule has 130 valence electrons. The molecular formula is C18H19N3O3S. The number of benzene rings is 2. The minimum Gasteiger partial charge on any atom is -0.495 e. The summed E-state index contributed by atoms with van der Waals surface area (Å²) in [7, 11) is 7.10. The van der Waals surface area contributed by atoms with Crippen LogP contribution >= 0.6 is 11.3 Å². The van der Waals surface area contributed by atoms with Crippen LogP contribution < -0.4 is 19.7 Å². The second-order valence-corrected chi connectivity index (χ2v) is 6.56. The predicted molar refractivity (Wildman–Crippen MR) is 101 cm³/mol. The molecule has 0 radical (unpaired) electrons. The summed E-state index contributed by atoms with van der Waals surface area (Å²) in [5.41, 5.74) is 2.28. The Labute approximate surface area is 150 Å². The zero-order valence-corrected chi connectivity index (χ0v) is 15.3. The Morgan fingerprint density at radius 1 is 1.04 bits per heavy atom. The first kappa shape index (κ1) is 17.0. The Morgan fingerprint density at radius 3 is 2.28 bits per heavy atom. The number of hydrogen-bond acceptors (Lipinski definition) is 6. The van der Waals surface area contributed by atoms with Gasteiger partial charge in [0.1, 0.15) is 21.7 Å². The number of thiazole rings is 1. The Morgan fingerprint density at radius 2 is 1.68 bits per heavy atom. The molecule has 3 aromatic rings. The lowest BCUT2D eigenvalue weighted by molar-refractivity contribution is 0.102. The highest BCUT2D eigenvalue weighted by molar-refractivity contribution is 7.22. The second kappa shape index (κ2) is 6.98. The van der Waals surface area contributed by atoms with Crippen LogP contribution in [0, 0.1) is 0 Å². The maximum Gasteiger partial charge on any atom is 0.257 e. The van der Waals surface area contributed by atoms with E-state index in [2.05, 4.69) is 10.3 Å². The van der Waals surface area contributed by atoms with Gasteiger partial charge in [-0.3, -0.25) is 10.1 Å². The number of ether oxygens (including phenoxy) is 2. The van der Waals surface area contributed by atoms with Gasteiger partial charge in [-0.15, -0.1) is 0 Å². The van der Waals surface area contributed by atoms with E-state index in [-0.39, 0.29) is 5.91 Å². The summed E-state index contributed by atoms with van der Waals surface area (Å²) in [6.45, 7) is 0. The summed E-state index contributed by atoms with van der Waals surface area (Å²) in [5, 5.41) is 3.34. The molecule has 6 nitrogen and oxygen atoms in total. The van der Waals surface area contributed by atoms with Gasteiger partial charge in [-0.2, -0.15) is 0 Å². The molecule has 0 saturated carbocycles. The van der Waals surface area contributed by atoms with Crippen LogP contribution in [-0.2, 0) is 0 Å². The lowest BCUT2D eigenvalue weighted by Gasteiger charge is -2.12. The summed E-state index contributed by atoms with van der Waals surface area (Å²) in [5.74, 6) is 1.13. The van der Waals surface area contributed by atoms with Gasteiger partial charge >= 0.3 is 0 Å². The van der Waals surface area contributed by atoms with Gasteiger partial charge in [-0.05, 0) is 36.4 Å². The SMILES string of the molecule is COc1ccc(OC)c2sc(NC(=O)c3ccc(N(C)C)cc3)nc12. The lowest BCUT2D eigenvalue weighted by atomic mass is 10.2. The molecule has 0 saturated heterocycles. The second-order valence-electron chi connectivity index (χ2n) is 5.56. The highest BCUT2D eigenvalue weighted by Crippen LogP contribution is 2.38. The maximum atomic E-state index is 12.5. The standard InChI is InChI=1S/C18H19N3O3S/c1-21(2)12-7-5-11(6-8-12)17(22)20-18-19-15-13(23-3)9-10-14(24-4)16(15)25-18/h5-10H,1-4H3,(H,19,20,22). The Balaban J connectivity index is 1.88. The maximum absolute atomic E-state index is 12.5. The number of nitrogens with zero attached hydrogens (tertiary/aromatic N) is 2. The van der Waals surface area contributed by atoms with E-state index < -0.39 is 0 Å². The molecule has 25 heavy (non-hydrogen) atoms. The van der Waals surface area contributed by atoms with Crippen molar-refractivity contribution in [3.63, 3.8) is 0 Å². The Bertz CT molecular complexity index is 863. The first-order valence-electron chi connectivity index (χ1n) is 7.63. The fraction of sp³-hybridized carbons (Fsp3) is 0.222. The summed E-state index contributed by atoms with van der Waals surface area (Å²) in [6, 6.07) is 11.0. The molecule has 0 aliphatic heterocycles. The van der Waals surface area contributed by atoms with Crippen molar-refractivity contribution in [1.29, 1.82) is 0 Å². The first-order chi connectivity index (χ1) is 12.0. The minimum atomic E-state index is -0.206. The predicted octanol–water partition coefficient (Wildman–Crippen LogP) is 3.63. The lowest BCUT2D eigenvalue weighted by Crippen LogP contribution is -2.13. The van der Waals surface area contributed by atoms with Crippen molar-refractivity contribution < 1.29 is 14.3 Å². The van der Waals surface area contributed by atoms with Gasteiger partial charge in [0.25, 0.3) is 5.91 Å². The summed E-state index contributed by atoms with van der Waals surface area (Å²) >= 11 is 1.35. The van der Waals surface area contributed by atoms with E-state index in [4.69, 9.17) is 9.47 Å². The molecular weight excluding hydrogens is 338 g/mol. The smallest absolute Gasteiger partial charge is 0.257 e. The molecule has 0 fully saturated rings. The van der Waals surface area contributed by atoms with E-state index >= 15 is 0 Å². The van der Waals surface area contributed by atoms with Crippen LogP contribution in [0.1, 0.15) is 10.4 Å². The third kappa shape index (κ3) is 3.36. The zero-order chi connectivity index (χ0) is 18.0. The van der Waals surface area contributed by atoms with Crippen LogP contribution in [0.15, 0.2) is 36.4 Å². The number of rotatable bonds is 5. The van der Waals surface area contributed by atoms with Gasteiger partial charge in [-0.25, -0.2) is 4.98 Å². The average Bonchev–Trinajstić information content (AvgIpc) is 3.04. The van der Waals surface area contributed by atoms with Crippen molar-refractivity contribution >= 4 is 38.3 Å². The fourth-order valence-corrected chi connectivity index (χ4v) is 3.39. The summed E-state index contributed by atoms with van der Waals surface area (Å²) < 4.78 is 11.5. The van der Waals surface area contributed by atoms with Crippen LogP contribution in [-0.4, -0.2) is 39.2 Å². The molecule has 0 atom stereocenters. The summed E-state index contributed by atoms with van der Waals surface area (Å²) in [4.78, 5) is 18.9. The first-order valence-corrected chi connectivity index (χ1v) is 8.45. The minimum absolute atomic E-state index is 0.206. The summed E-state index contributed by atoms with van der Waals surface area (Å²) in [6.07, 6.45) is 0. The van der Waals surface area contributed by atoms with Crippen LogP contribution in [0.5, 0.6) is 11.5 Å². The van der Waals surface area contributed by atoms with E-state index in [1.54, 1.807) is 32.4 Å². The van der Waals surface area contributed by atoms with Crippen molar-refractivity contribution in [3.05, 3.63) is 42.0 Å². The molecule has 0 aliphatic carbocycles. The largest absolute Gasteiger partial charge is 0.495 e. The monoisotopic (exact) mass is 357 g/mol. The van der Waals surface area contributed by atoms with Crippen molar-refractivity contribution in [2.45, 2.75) is 0 Å².